The molecule has 0 saturated carbocycles. The molecule has 0 aliphatic heterocycles. The lowest BCUT2D eigenvalue weighted by Crippen LogP contribution is -2.25. The Morgan fingerprint density at radius 1 is 1.33 bits per heavy atom. The van der Waals surface area contributed by atoms with Gasteiger partial charge in [0.05, 0.1) is 0 Å². The van der Waals surface area contributed by atoms with E-state index in [1.54, 1.807) is 5.57 Å². The molecule has 1 unspecified atom stereocenters. The fourth-order valence-corrected chi connectivity index (χ4v) is 2.93. The first kappa shape index (κ1) is 9.17. The van der Waals surface area contributed by atoms with E-state index in [2.05, 4.69) is 25.1 Å². The highest BCUT2D eigenvalue weighted by Gasteiger charge is 2.27. The molecule has 0 amide bonds. The predicted octanol–water partition coefficient (Wildman–Crippen LogP) is 2.82. The Morgan fingerprint density at radius 2 is 2.20 bits per heavy atom. The average molecular weight is 199 g/mol. The van der Waals surface area contributed by atoms with Crippen molar-refractivity contribution in [1.82, 2.24) is 0 Å². The SMILES string of the molecule is Cc1ccc2c(c1)C1=C(C2)C(N)CCC1. The van der Waals surface area contributed by atoms with E-state index in [9.17, 15) is 0 Å². The van der Waals surface area contributed by atoms with E-state index in [0.29, 0.717) is 6.04 Å². The number of fused-ring (bicyclic) bond motifs is 2. The first-order valence-corrected chi connectivity index (χ1v) is 5.83. The van der Waals surface area contributed by atoms with Gasteiger partial charge in [0.15, 0.2) is 0 Å². The monoisotopic (exact) mass is 199 g/mol. The second kappa shape index (κ2) is 3.21. The van der Waals surface area contributed by atoms with Crippen LogP contribution in [0.3, 0.4) is 0 Å². The topological polar surface area (TPSA) is 26.0 Å². The molecule has 2 N–H and O–H groups in total. The summed E-state index contributed by atoms with van der Waals surface area (Å²) in [5, 5.41) is 0. The highest BCUT2D eigenvalue weighted by atomic mass is 14.6. The lowest BCUT2D eigenvalue weighted by atomic mass is 9.88. The molecule has 1 atom stereocenters. The zero-order chi connectivity index (χ0) is 10.4. The van der Waals surface area contributed by atoms with Crippen molar-refractivity contribution in [1.29, 1.82) is 0 Å². The molecule has 3 rings (SSSR count). The maximum Gasteiger partial charge on any atom is 0.0263 e. The quantitative estimate of drug-likeness (QED) is 0.683. The Morgan fingerprint density at radius 3 is 3.07 bits per heavy atom. The predicted molar refractivity (Wildman–Crippen MR) is 63.6 cm³/mol. The van der Waals surface area contributed by atoms with Crippen LogP contribution >= 0.6 is 0 Å². The molecule has 1 heteroatoms. The molecule has 78 valence electrons. The van der Waals surface area contributed by atoms with Crippen molar-refractivity contribution >= 4 is 5.57 Å². The van der Waals surface area contributed by atoms with Crippen LogP contribution in [0, 0.1) is 6.92 Å². The van der Waals surface area contributed by atoms with Crippen molar-refractivity contribution in [2.75, 3.05) is 0 Å². The summed E-state index contributed by atoms with van der Waals surface area (Å²) in [6.45, 7) is 2.17. The van der Waals surface area contributed by atoms with Crippen molar-refractivity contribution in [2.45, 2.75) is 38.6 Å². The van der Waals surface area contributed by atoms with Gasteiger partial charge >= 0.3 is 0 Å². The van der Waals surface area contributed by atoms with Gasteiger partial charge in [0.25, 0.3) is 0 Å². The van der Waals surface area contributed by atoms with Crippen LogP contribution in [0.15, 0.2) is 23.8 Å². The van der Waals surface area contributed by atoms with Gasteiger partial charge in [0, 0.05) is 6.04 Å². The summed E-state index contributed by atoms with van der Waals surface area (Å²) in [6.07, 6.45) is 4.77. The number of hydrogen-bond acceptors (Lipinski definition) is 1. The van der Waals surface area contributed by atoms with Gasteiger partial charge in [-0.3, -0.25) is 0 Å². The highest BCUT2D eigenvalue weighted by molar-refractivity contribution is 5.78. The van der Waals surface area contributed by atoms with Crippen LogP contribution in [0.2, 0.25) is 0 Å². The Kier molecular flexibility index (Phi) is 1.96. The summed E-state index contributed by atoms with van der Waals surface area (Å²) in [4.78, 5) is 0. The summed E-state index contributed by atoms with van der Waals surface area (Å²) in [5.41, 5.74) is 13.6. The second-order valence-electron chi connectivity index (χ2n) is 4.84. The van der Waals surface area contributed by atoms with Crippen molar-refractivity contribution in [3.05, 3.63) is 40.5 Å². The Hall–Kier alpha value is -1.08. The van der Waals surface area contributed by atoms with Crippen LogP contribution in [0.4, 0.5) is 0 Å². The zero-order valence-corrected chi connectivity index (χ0v) is 9.22. The number of hydrogen-bond donors (Lipinski definition) is 1. The van der Waals surface area contributed by atoms with E-state index in [1.165, 1.54) is 41.5 Å². The van der Waals surface area contributed by atoms with E-state index in [1.807, 2.05) is 0 Å². The third-order valence-electron chi connectivity index (χ3n) is 3.75. The smallest absolute Gasteiger partial charge is 0.0263 e. The van der Waals surface area contributed by atoms with Crippen LogP contribution < -0.4 is 5.73 Å². The van der Waals surface area contributed by atoms with Crippen molar-refractivity contribution in [3.8, 4) is 0 Å². The molecule has 1 aromatic rings. The molecule has 0 radical (unpaired) electrons. The molecule has 0 saturated heterocycles. The summed E-state index contributed by atoms with van der Waals surface area (Å²) in [6, 6.07) is 7.13. The standard InChI is InChI=1S/C14H17N/c1-9-5-6-10-8-13-11(12(10)7-9)3-2-4-14(13)15/h5-7,14H,2-4,8,15H2,1H3. The minimum Gasteiger partial charge on any atom is -0.324 e. The molecule has 0 fully saturated rings. The van der Waals surface area contributed by atoms with Gasteiger partial charge in [-0.15, -0.1) is 0 Å². The third kappa shape index (κ3) is 1.34. The number of aryl methyl sites for hydroxylation is 1. The normalized spacial score (nSPS) is 24.0. The molecule has 0 aromatic heterocycles. The summed E-state index contributed by atoms with van der Waals surface area (Å²) < 4.78 is 0. The fraction of sp³-hybridized carbons (Fsp3) is 0.429. The molecular formula is C14H17N. The minimum absolute atomic E-state index is 0.321. The Bertz CT molecular complexity index is 443. The second-order valence-corrected chi connectivity index (χ2v) is 4.84. The lowest BCUT2D eigenvalue weighted by molar-refractivity contribution is 0.620. The van der Waals surface area contributed by atoms with Crippen LogP contribution in [0.5, 0.6) is 0 Å². The van der Waals surface area contributed by atoms with E-state index in [4.69, 9.17) is 5.73 Å². The zero-order valence-electron chi connectivity index (χ0n) is 9.22. The molecular weight excluding hydrogens is 182 g/mol. The van der Waals surface area contributed by atoms with E-state index in [-0.39, 0.29) is 0 Å². The summed E-state index contributed by atoms with van der Waals surface area (Å²) >= 11 is 0. The molecule has 2 aliphatic rings. The van der Waals surface area contributed by atoms with Crippen molar-refractivity contribution < 1.29 is 0 Å². The molecule has 0 bridgehead atoms. The Balaban J connectivity index is 2.12. The molecule has 15 heavy (non-hydrogen) atoms. The van der Waals surface area contributed by atoms with Crippen LogP contribution in [0.1, 0.15) is 36.0 Å². The largest absolute Gasteiger partial charge is 0.324 e. The van der Waals surface area contributed by atoms with Gasteiger partial charge in [0.2, 0.25) is 0 Å². The van der Waals surface area contributed by atoms with Gasteiger partial charge in [-0.1, -0.05) is 23.8 Å². The number of benzene rings is 1. The Labute approximate surface area is 91.0 Å². The van der Waals surface area contributed by atoms with Gasteiger partial charge in [0.1, 0.15) is 0 Å². The van der Waals surface area contributed by atoms with Gasteiger partial charge in [-0.25, -0.2) is 0 Å². The number of rotatable bonds is 0. The van der Waals surface area contributed by atoms with Crippen molar-refractivity contribution in [3.63, 3.8) is 0 Å². The number of nitrogens with two attached hydrogens (primary N) is 1. The highest BCUT2D eigenvalue weighted by Crippen LogP contribution is 2.41. The lowest BCUT2D eigenvalue weighted by Gasteiger charge is -2.21. The summed E-state index contributed by atoms with van der Waals surface area (Å²) in [5.74, 6) is 0. The molecule has 0 spiro atoms. The minimum atomic E-state index is 0.321. The molecule has 1 aromatic carbocycles. The van der Waals surface area contributed by atoms with E-state index >= 15 is 0 Å². The first-order chi connectivity index (χ1) is 7.25. The van der Waals surface area contributed by atoms with Crippen LogP contribution in [-0.2, 0) is 6.42 Å². The van der Waals surface area contributed by atoms with Gasteiger partial charge in [-0.2, -0.15) is 0 Å². The average Bonchev–Trinajstić information content (AvgIpc) is 2.58. The molecule has 0 heterocycles. The van der Waals surface area contributed by atoms with Crippen LogP contribution in [-0.4, -0.2) is 6.04 Å². The molecule has 2 aliphatic carbocycles. The molecule has 1 nitrogen and oxygen atoms in total. The van der Waals surface area contributed by atoms with Gasteiger partial charge < -0.3 is 5.73 Å². The third-order valence-corrected chi connectivity index (χ3v) is 3.75. The maximum absolute atomic E-state index is 6.18. The van der Waals surface area contributed by atoms with E-state index < -0.39 is 0 Å². The van der Waals surface area contributed by atoms with Gasteiger partial charge in [-0.05, 0) is 54.9 Å². The first-order valence-electron chi connectivity index (χ1n) is 5.83. The number of allylic oxidation sites excluding steroid dienone is 1. The maximum atomic E-state index is 6.18. The van der Waals surface area contributed by atoms with Crippen molar-refractivity contribution in [2.24, 2.45) is 5.73 Å². The summed E-state index contributed by atoms with van der Waals surface area (Å²) in [7, 11) is 0. The van der Waals surface area contributed by atoms with E-state index in [0.717, 1.165) is 6.42 Å². The fourth-order valence-electron chi connectivity index (χ4n) is 2.93. The van der Waals surface area contributed by atoms with Crippen LogP contribution in [0.25, 0.3) is 5.57 Å².